The number of hydrogen-bond acceptors (Lipinski definition) is 5. The molecule has 1 saturated heterocycles. The average Bonchev–Trinajstić information content (AvgIpc) is 2.69. The molecular formula is C20H20FN5O. The Balaban J connectivity index is 1.39. The van der Waals surface area contributed by atoms with E-state index in [-0.39, 0.29) is 11.7 Å². The van der Waals surface area contributed by atoms with Gasteiger partial charge in [0.2, 0.25) is 0 Å². The van der Waals surface area contributed by atoms with E-state index in [0.29, 0.717) is 36.8 Å². The number of carbonyl (C=O) groups excluding carboxylic acids is 1. The predicted molar refractivity (Wildman–Crippen MR) is 102 cm³/mol. The van der Waals surface area contributed by atoms with Crippen molar-refractivity contribution in [2.24, 2.45) is 0 Å². The van der Waals surface area contributed by atoms with Crippen molar-refractivity contribution in [3.63, 3.8) is 0 Å². The number of nitrogens with two attached hydrogens (primary N) is 1. The SMILES string of the molecule is Nc1nc(CN2CCN(C(=O)c3ccc(F)cc3)CC2)nc2ccccc12. The quantitative estimate of drug-likeness (QED) is 0.771. The van der Waals surface area contributed by atoms with Crippen LogP contribution in [0.5, 0.6) is 0 Å². The number of carbonyl (C=O) groups is 1. The summed E-state index contributed by atoms with van der Waals surface area (Å²) in [4.78, 5) is 25.5. The Labute approximate surface area is 156 Å². The van der Waals surface area contributed by atoms with Crippen LogP contribution in [0.3, 0.4) is 0 Å². The number of nitrogen functional groups attached to an aromatic ring is 1. The van der Waals surface area contributed by atoms with Crippen molar-refractivity contribution in [3.05, 3.63) is 65.7 Å². The number of rotatable bonds is 3. The van der Waals surface area contributed by atoms with Crippen LogP contribution in [0.25, 0.3) is 10.9 Å². The van der Waals surface area contributed by atoms with E-state index in [1.165, 1.54) is 24.3 Å². The van der Waals surface area contributed by atoms with Gasteiger partial charge < -0.3 is 10.6 Å². The maximum atomic E-state index is 13.0. The van der Waals surface area contributed by atoms with Crippen molar-refractivity contribution in [3.8, 4) is 0 Å². The lowest BCUT2D eigenvalue weighted by molar-refractivity contribution is 0.0625. The van der Waals surface area contributed by atoms with Gasteiger partial charge in [0, 0.05) is 37.1 Å². The molecule has 7 heteroatoms. The fraction of sp³-hybridized carbons (Fsp3) is 0.250. The van der Waals surface area contributed by atoms with Crippen molar-refractivity contribution in [2.45, 2.75) is 6.54 Å². The molecule has 3 aromatic rings. The number of piperazine rings is 1. The second-order valence-corrected chi connectivity index (χ2v) is 6.62. The highest BCUT2D eigenvalue weighted by molar-refractivity contribution is 5.94. The van der Waals surface area contributed by atoms with Gasteiger partial charge in [0.1, 0.15) is 17.5 Å². The molecule has 0 spiro atoms. The summed E-state index contributed by atoms with van der Waals surface area (Å²) in [5.74, 6) is 0.761. The number of amides is 1. The summed E-state index contributed by atoms with van der Waals surface area (Å²) in [7, 11) is 0. The minimum Gasteiger partial charge on any atom is -0.383 e. The molecular weight excluding hydrogens is 345 g/mol. The fourth-order valence-electron chi connectivity index (χ4n) is 3.31. The van der Waals surface area contributed by atoms with Gasteiger partial charge in [-0.3, -0.25) is 9.69 Å². The van der Waals surface area contributed by atoms with Crippen LogP contribution in [-0.2, 0) is 6.54 Å². The molecule has 138 valence electrons. The Hall–Kier alpha value is -3.06. The van der Waals surface area contributed by atoms with E-state index in [0.717, 1.165) is 24.0 Å². The number of benzene rings is 2. The highest BCUT2D eigenvalue weighted by Crippen LogP contribution is 2.18. The smallest absolute Gasteiger partial charge is 0.253 e. The molecule has 0 atom stereocenters. The molecule has 2 heterocycles. The number of aromatic nitrogens is 2. The molecule has 2 aromatic carbocycles. The van der Waals surface area contributed by atoms with E-state index >= 15 is 0 Å². The molecule has 0 saturated carbocycles. The molecule has 0 radical (unpaired) electrons. The molecule has 1 amide bonds. The number of nitrogens with zero attached hydrogens (tertiary/aromatic N) is 4. The largest absolute Gasteiger partial charge is 0.383 e. The monoisotopic (exact) mass is 365 g/mol. The first-order valence-corrected chi connectivity index (χ1v) is 8.88. The van der Waals surface area contributed by atoms with Crippen molar-refractivity contribution >= 4 is 22.6 Å². The molecule has 1 aliphatic rings. The lowest BCUT2D eigenvalue weighted by Crippen LogP contribution is -2.48. The first-order valence-electron chi connectivity index (χ1n) is 8.88. The van der Waals surface area contributed by atoms with Crippen LogP contribution >= 0.6 is 0 Å². The third-order valence-corrected chi connectivity index (χ3v) is 4.79. The number of para-hydroxylation sites is 1. The fourth-order valence-corrected chi connectivity index (χ4v) is 3.31. The Morgan fingerprint density at radius 2 is 1.70 bits per heavy atom. The second kappa shape index (κ2) is 7.28. The number of anilines is 1. The van der Waals surface area contributed by atoms with Gasteiger partial charge in [-0.15, -0.1) is 0 Å². The predicted octanol–water partition coefficient (Wildman–Crippen LogP) is 2.31. The molecule has 2 N–H and O–H groups in total. The van der Waals surface area contributed by atoms with Crippen LogP contribution in [0.2, 0.25) is 0 Å². The molecule has 27 heavy (non-hydrogen) atoms. The molecule has 0 unspecified atom stereocenters. The lowest BCUT2D eigenvalue weighted by Gasteiger charge is -2.34. The van der Waals surface area contributed by atoms with E-state index in [1.54, 1.807) is 4.90 Å². The highest BCUT2D eigenvalue weighted by atomic mass is 19.1. The molecule has 1 aromatic heterocycles. The van der Waals surface area contributed by atoms with Crippen LogP contribution < -0.4 is 5.73 Å². The van der Waals surface area contributed by atoms with Gasteiger partial charge in [-0.1, -0.05) is 12.1 Å². The van der Waals surface area contributed by atoms with Crippen molar-refractivity contribution in [2.75, 3.05) is 31.9 Å². The summed E-state index contributed by atoms with van der Waals surface area (Å²) < 4.78 is 13.0. The lowest BCUT2D eigenvalue weighted by atomic mass is 10.1. The average molecular weight is 365 g/mol. The second-order valence-electron chi connectivity index (χ2n) is 6.62. The van der Waals surface area contributed by atoms with E-state index in [4.69, 9.17) is 5.73 Å². The molecule has 0 bridgehead atoms. The third-order valence-electron chi connectivity index (χ3n) is 4.79. The zero-order valence-corrected chi connectivity index (χ0v) is 14.8. The van der Waals surface area contributed by atoms with Gasteiger partial charge in [0.25, 0.3) is 5.91 Å². The van der Waals surface area contributed by atoms with Crippen molar-refractivity contribution in [1.82, 2.24) is 19.8 Å². The summed E-state index contributed by atoms with van der Waals surface area (Å²) >= 11 is 0. The first kappa shape index (κ1) is 17.4. The van der Waals surface area contributed by atoms with Crippen molar-refractivity contribution in [1.29, 1.82) is 0 Å². The summed E-state index contributed by atoms with van der Waals surface area (Å²) in [5.41, 5.74) is 7.40. The van der Waals surface area contributed by atoms with E-state index in [2.05, 4.69) is 14.9 Å². The normalized spacial score (nSPS) is 15.2. The van der Waals surface area contributed by atoms with Gasteiger partial charge in [0.05, 0.1) is 12.1 Å². The van der Waals surface area contributed by atoms with Crippen LogP contribution in [0, 0.1) is 5.82 Å². The molecule has 1 fully saturated rings. The van der Waals surface area contributed by atoms with Crippen LogP contribution in [0.4, 0.5) is 10.2 Å². The van der Waals surface area contributed by atoms with Crippen LogP contribution in [0.15, 0.2) is 48.5 Å². The van der Waals surface area contributed by atoms with Gasteiger partial charge in [-0.2, -0.15) is 0 Å². The van der Waals surface area contributed by atoms with Crippen LogP contribution in [0.1, 0.15) is 16.2 Å². The maximum absolute atomic E-state index is 13.0. The molecule has 0 aliphatic carbocycles. The first-order chi connectivity index (χ1) is 13.1. The Bertz CT molecular complexity index is 968. The van der Waals surface area contributed by atoms with Crippen molar-refractivity contribution < 1.29 is 9.18 Å². The molecule has 4 rings (SSSR count). The van der Waals surface area contributed by atoms with Gasteiger partial charge in [0.15, 0.2) is 0 Å². The van der Waals surface area contributed by atoms with Gasteiger partial charge in [-0.25, -0.2) is 14.4 Å². The van der Waals surface area contributed by atoms with Gasteiger partial charge in [-0.05, 0) is 36.4 Å². The van der Waals surface area contributed by atoms with Crippen LogP contribution in [-0.4, -0.2) is 51.9 Å². The summed E-state index contributed by atoms with van der Waals surface area (Å²) in [5, 5.41) is 0.857. The number of halogens is 1. The Morgan fingerprint density at radius 1 is 1.00 bits per heavy atom. The molecule has 1 aliphatic heterocycles. The highest BCUT2D eigenvalue weighted by Gasteiger charge is 2.23. The summed E-state index contributed by atoms with van der Waals surface area (Å²) in [6.45, 7) is 3.26. The van der Waals surface area contributed by atoms with E-state index in [1.807, 2.05) is 24.3 Å². The van der Waals surface area contributed by atoms with E-state index in [9.17, 15) is 9.18 Å². The van der Waals surface area contributed by atoms with Gasteiger partial charge >= 0.3 is 0 Å². The molecule has 6 nitrogen and oxygen atoms in total. The summed E-state index contributed by atoms with van der Waals surface area (Å²) in [6, 6.07) is 13.4. The Kier molecular flexibility index (Phi) is 4.68. The minimum atomic E-state index is -0.342. The zero-order chi connectivity index (χ0) is 18.8. The Morgan fingerprint density at radius 3 is 2.44 bits per heavy atom. The number of hydrogen-bond donors (Lipinski definition) is 1. The summed E-state index contributed by atoms with van der Waals surface area (Å²) in [6.07, 6.45) is 0. The standard InChI is InChI=1S/C20H20FN5O/c21-15-7-5-14(6-8-15)20(27)26-11-9-25(10-12-26)13-18-23-17-4-2-1-3-16(17)19(22)24-18/h1-8H,9-13H2,(H2,22,23,24). The van der Waals surface area contributed by atoms with E-state index < -0.39 is 0 Å². The minimum absolute atomic E-state index is 0.0687. The zero-order valence-electron chi connectivity index (χ0n) is 14.8. The third kappa shape index (κ3) is 3.73. The maximum Gasteiger partial charge on any atom is 0.253 e. The topological polar surface area (TPSA) is 75.3 Å². The number of fused-ring (bicyclic) bond motifs is 1.